The average molecular weight is 404 g/mol. The van der Waals surface area contributed by atoms with Crippen LogP contribution in [-0.2, 0) is 0 Å². The molecule has 0 aromatic heterocycles. The van der Waals surface area contributed by atoms with E-state index in [9.17, 15) is 0 Å². The van der Waals surface area contributed by atoms with Gasteiger partial charge in [0.2, 0.25) is 0 Å². The fourth-order valence-electron chi connectivity index (χ4n) is 9.88. The second kappa shape index (κ2) is 8.08. The summed E-state index contributed by atoms with van der Waals surface area (Å²) in [6, 6.07) is 0. The van der Waals surface area contributed by atoms with E-state index < -0.39 is 0 Å². The molecule has 0 saturated heterocycles. The molecule has 1 spiro atoms. The normalized spacial score (nSPS) is 48.1. The lowest BCUT2D eigenvalue weighted by atomic mass is 9.44. The molecule has 0 heterocycles. The maximum atomic E-state index is 6.04. The Kier molecular flexibility index (Phi) is 6.39. The molecule has 4 aliphatic rings. The van der Waals surface area contributed by atoms with Crippen molar-refractivity contribution < 1.29 is 0 Å². The molecule has 168 valence electrons. The summed E-state index contributed by atoms with van der Waals surface area (Å²) in [5, 5.41) is 3.78. The standard InChI is InChI=1S/C25H45N3.CH4/c1-5-18-16-25(24(4)13-7-6-9-20(18)24)14-8-12-23(3)19(10-11-21(23)25)17(2)15-22(26)28-27;/h17-21H,5-16,27H2,1-4H3,(H2,26,28);1H4/t17-,18+,19?,20?,21?,23?,24?,25?;/m1./s1. The predicted molar refractivity (Wildman–Crippen MR) is 125 cm³/mol. The summed E-state index contributed by atoms with van der Waals surface area (Å²) >= 11 is 0. The molecule has 0 aromatic carbocycles. The molecule has 0 aliphatic heterocycles. The maximum Gasteiger partial charge on any atom is 0.119 e. The molecule has 0 bridgehead atoms. The Balaban J connectivity index is 0.00000240. The fraction of sp³-hybridized carbons (Fsp3) is 0.962. The number of nitrogens with zero attached hydrogens (tertiary/aromatic N) is 1. The van der Waals surface area contributed by atoms with Crippen LogP contribution in [0, 0.1) is 45.8 Å². The van der Waals surface area contributed by atoms with Gasteiger partial charge < -0.3 is 11.6 Å². The van der Waals surface area contributed by atoms with Crippen LogP contribution < -0.4 is 11.6 Å². The molecule has 8 atom stereocenters. The van der Waals surface area contributed by atoms with Gasteiger partial charge in [0.15, 0.2) is 0 Å². The Labute approximate surface area is 180 Å². The Hall–Kier alpha value is -0.730. The van der Waals surface area contributed by atoms with Crippen molar-refractivity contribution in [3.05, 3.63) is 0 Å². The Morgan fingerprint density at radius 2 is 1.83 bits per heavy atom. The van der Waals surface area contributed by atoms with Crippen LogP contribution >= 0.6 is 0 Å². The van der Waals surface area contributed by atoms with Crippen LogP contribution in [0.2, 0.25) is 0 Å². The highest BCUT2D eigenvalue weighted by atomic mass is 15.1. The van der Waals surface area contributed by atoms with Crippen molar-refractivity contribution in [2.24, 2.45) is 62.5 Å². The number of hydrogen-bond acceptors (Lipinski definition) is 2. The molecule has 3 nitrogen and oxygen atoms in total. The minimum Gasteiger partial charge on any atom is -0.386 e. The van der Waals surface area contributed by atoms with Gasteiger partial charge in [-0.1, -0.05) is 60.8 Å². The Bertz CT molecular complexity index is 615. The summed E-state index contributed by atoms with van der Waals surface area (Å²) in [5.74, 6) is 10.4. The molecule has 4 saturated carbocycles. The highest BCUT2D eigenvalue weighted by molar-refractivity contribution is 5.80. The number of hydrazone groups is 1. The van der Waals surface area contributed by atoms with Crippen molar-refractivity contribution in [2.45, 2.75) is 112 Å². The molecule has 4 N–H and O–H groups in total. The van der Waals surface area contributed by atoms with Gasteiger partial charge in [0.1, 0.15) is 5.84 Å². The van der Waals surface area contributed by atoms with Gasteiger partial charge in [0, 0.05) is 6.42 Å². The van der Waals surface area contributed by atoms with Crippen LogP contribution in [-0.4, -0.2) is 5.84 Å². The molecular weight excluding hydrogens is 354 g/mol. The predicted octanol–water partition coefficient (Wildman–Crippen LogP) is 6.71. The lowest BCUT2D eigenvalue weighted by molar-refractivity contribution is -0.113. The van der Waals surface area contributed by atoms with Crippen molar-refractivity contribution in [1.82, 2.24) is 0 Å². The van der Waals surface area contributed by atoms with Crippen LogP contribution in [0.4, 0.5) is 0 Å². The Morgan fingerprint density at radius 1 is 1.07 bits per heavy atom. The molecule has 0 radical (unpaired) electrons. The van der Waals surface area contributed by atoms with E-state index in [2.05, 4.69) is 32.8 Å². The number of nitrogens with two attached hydrogens (primary N) is 2. The summed E-state index contributed by atoms with van der Waals surface area (Å²) in [6.07, 6.45) is 16.9. The lowest BCUT2D eigenvalue weighted by Crippen LogP contribution is -2.53. The molecule has 3 heteroatoms. The number of rotatable bonds is 4. The minimum absolute atomic E-state index is 0. The first-order valence-electron chi connectivity index (χ1n) is 12.3. The topological polar surface area (TPSA) is 64.4 Å². The average Bonchev–Trinajstić information content (AvgIpc) is 3.15. The van der Waals surface area contributed by atoms with Crippen LogP contribution in [0.5, 0.6) is 0 Å². The van der Waals surface area contributed by atoms with Crippen molar-refractivity contribution in [3.63, 3.8) is 0 Å². The molecule has 29 heavy (non-hydrogen) atoms. The third-order valence-electron chi connectivity index (χ3n) is 10.9. The molecule has 4 rings (SSSR count). The fourth-order valence-corrected chi connectivity index (χ4v) is 9.88. The number of hydrogen-bond donors (Lipinski definition) is 2. The van der Waals surface area contributed by atoms with Crippen molar-refractivity contribution in [3.8, 4) is 0 Å². The van der Waals surface area contributed by atoms with Crippen LogP contribution in [0.15, 0.2) is 5.10 Å². The monoisotopic (exact) mass is 403 g/mol. The summed E-state index contributed by atoms with van der Waals surface area (Å²) in [7, 11) is 0. The first-order valence-corrected chi connectivity index (χ1v) is 12.3. The van der Waals surface area contributed by atoms with Gasteiger partial charge in [-0.15, -0.1) is 0 Å². The third kappa shape index (κ3) is 3.16. The van der Waals surface area contributed by atoms with Gasteiger partial charge in [-0.3, -0.25) is 0 Å². The van der Waals surface area contributed by atoms with Crippen molar-refractivity contribution in [2.75, 3.05) is 0 Å². The molecule has 6 unspecified atom stereocenters. The quantitative estimate of drug-likeness (QED) is 0.237. The number of amidine groups is 1. The molecule has 0 aromatic rings. The van der Waals surface area contributed by atoms with E-state index >= 15 is 0 Å². The zero-order valence-corrected chi connectivity index (χ0v) is 19.0. The highest BCUT2D eigenvalue weighted by Crippen LogP contribution is 2.76. The van der Waals surface area contributed by atoms with E-state index in [1.165, 1.54) is 70.6 Å². The second-order valence-electron chi connectivity index (χ2n) is 11.7. The molecular formula is C26H49N3. The summed E-state index contributed by atoms with van der Waals surface area (Å²) in [6.45, 7) is 10.3. The number of fused-ring (bicyclic) bond motifs is 4. The first kappa shape index (κ1) is 22.9. The third-order valence-corrected chi connectivity index (χ3v) is 10.9. The summed E-state index contributed by atoms with van der Waals surface area (Å²) in [5.41, 5.74) is 7.72. The van der Waals surface area contributed by atoms with Gasteiger partial charge in [0.05, 0.1) is 0 Å². The van der Waals surface area contributed by atoms with E-state index in [4.69, 9.17) is 11.6 Å². The van der Waals surface area contributed by atoms with Crippen molar-refractivity contribution >= 4 is 5.84 Å². The summed E-state index contributed by atoms with van der Waals surface area (Å²) in [4.78, 5) is 0. The van der Waals surface area contributed by atoms with Gasteiger partial charge in [-0.2, -0.15) is 5.10 Å². The zero-order chi connectivity index (χ0) is 20.2. The molecule has 4 aliphatic carbocycles. The summed E-state index contributed by atoms with van der Waals surface area (Å²) < 4.78 is 0. The largest absolute Gasteiger partial charge is 0.386 e. The van der Waals surface area contributed by atoms with E-state index in [1.807, 2.05) is 0 Å². The second-order valence-corrected chi connectivity index (χ2v) is 11.7. The lowest BCUT2D eigenvalue weighted by Gasteiger charge is -2.60. The Morgan fingerprint density at radius 3 is 2.52 bits per heavy atom. The van der Waals surface area contributed by atoms with E-state index in [1.54, 1.807) is 0 Å². The zero-order valence-electron chi connectivity index (χ0n) is 19.0. The van der Waals surface area contributed by atoms with E-state index in [0.29, 0.717) is 28.0 Å². The van der Waals surface area contributed by atoms with E-state index in [0.717, 1.165) is 30.1 Å². The van der Waals surface area contributed by atoms with Gasteiger partial charge in [-0.05, 0) is 90.8 Å². The SMILES string of the molecule is C.CC[C@H]1CC2(CCCC3(C)C([C@H](C)C/C(N)=N/N)CCC32)C2(C)CCCCC12. The first-order chi connectivity index (χ1) is 13.3. The smallest absolute Gasteiger partial charge is 0.119 e. The van der Waals surface area contributed by atoms with Gasteiger partial charge in [-0.25, -0.2) is 0 Å². The van der Waals surface area contributed by atoms with Crippen molar-refractivity contribution in [1.29, 1.82) is 0 Å². The van der Waals surface area contributed by atoms with Crippen LogP contribution in [0.3, 0.4) is 0 Å². The minimum atomic E-state index is 0. The maximum absolute atomic E-state index is 6.04. The highest BCUT2D eigenvalue weighted by Gasteiger charge is 2.68. The van der Waals surface area contributed by atoms with E-state index in [-0.39, 0.29) is 7.43 Å². The molecule has 0 amide bonds. The molecule has 4 fully saturated rings. The van der Waals surface area contributed by atoms with Crippen LogP contribution in [0.25, 0.3) is 0 Å². The van der Waals surface area contributed by atoms with Gasteiger partial charge >= 0.3 is 0 Å². The van der Waals surface area contributed by atoms with Gasteiger partial charge in [0.25, 0.3) is 0 Å². The van der Waals surface area contributed by atoms with Crippen LogP contribution in [0.1, 0.15) is 112 Å².